The zero-order chi connectivity index (χ0) is 23.6. The van der Waals surface area contributed by atoms with Gasteiger partial charge in [0.15, 0.2) is 0 Å². The average molecular weight is 445 g/mol. The van der Waals surface area contributed by atoms with E-state index in [4.69, 9.17) is 0 Å². The largest absolute Gasteiger partial charge is 0.0648 e. The third-order valence-corrected chi connectivity index (χ3v) is 8.57. The minimum absolute atomic E-state index is 0.482. The number of aryl methyl sites for hydroxylation is 3. The molecule has 5 aromatic rings. The molecule has 0 saturated heterocycles. The van der Waals surface area contributed by atoms with Crippen LogP contribution >= 0.6 is 0 Å². The molecule has 0 aromatic heterocycles. The van der Waals surface area contributed by atoms with E-state index < -0.39 is 0 Å². The first-order chi connectivity index (χ1) is 16.5. The van der Waals surface area contributed by atoms with Crippen LogP contribution < -0.4 is 0 Å². The van der Waals surface area contributed by atoms with Crippen molar-refractivity contribution in [1.29, 1.82) is 0 Å². The van der Waals surface area contributed by atoms with E-state index in [0.717, 1.165) is 12.8 Å². The van der Waals surface area contributed by atoms with Gasteiger partial charge in [-0.15, -0.1) is 0 Å². The van der Waals surface area contributed by atoms with Gasteiger partial charge < -0.3 is 0 Å². The van der Waals surface area contributed by atoms with E-state index in [1.807, 2.05) is 0 Å². The van der Waals surface area contributed by atoms with Gasteiger partial charge in [-0.1, -0.05) is 77.1 Å². The van der Waals surface area contributed by atoms with Gasteiger partial charge in [-0.05, 0) is 127 Å². The van der Waals surface area contributed by atoms with E-state index in [9.17, 15) is 0 Å². The van der Waals surface area contributed by atoms with Gasteiger partial charge in [0, 0.05) is 0 Å². The second-order valence-electron chi connectivity index (χ2n) is 10.7. The lowest BCUT2D eigenvalue weighted by atomic mass is 9.77. The lowest BCUT2D eigenvalue weighted by Crippen LogP contribution is -2.08. The Bertz CT molecular complexity index is 1580. The summed E-state index contributed by atoms with van der Waals surface area (Å²) in [5.41, 5.74) is 7.56. The Labute approximate surface area is 204 Å². The van der Waals surface area contributed by atoms with Gasteiger partial charge in [0.05, 0.1) is 0 Å². The molecule has 0 amide bonds. The molecule has 172 valence electrons. The molecule has 1 atom stereocenters. The molecule has 0 aliphatic heterocycles. The van der Waals surface area contributed by atoms with Crippen LogP contribution in [0.2, 0.25) is 0 Å². The molecule has 5 aromatic carbocycles. The molecule has 0 heterocycles. The molecular weight excluding hydrogens is 408 g/mol. The molecule has 1 aliphatic rings. The first kappa shape index (κ1) is 21.7. The van der Waals surface area contributed by atoms with Gasteiger partial charge in [-0.2, -0.15) is 0 Å². The number of benzene rings is 5. The van der Waals surface area contributed by atoms with Crippen LogP contribution in [0.3, 0.4) is 0 Å². The summed E-state index contributed by atoms with van der Waals surface area (Å²) in [6, 6.07) is 21.8. The van der Waals surface area contributed by atoms with Gasteiger partial charge in [0.25, 0.3) is 0 Å². The molecule has 0 saturated carbocycles. The van der Waals surface area contributed by atoms with Crippen LogP contribution in [0.15, 0.2) is 54.6 Å². The average Bonchev–Trinajstić information content (AvgIpc) is 2.87. The summed E-state index contributed by atoms with van der Waals surface area (Å²) >= 11 is 0. The molecule has 0 nitrogen and oxygen atoms in total. The van der Waals surface area contributed by atoms with E-state index in [-0.39, 0.29) is 0 Å². The minimum Gasteiger partial charge on any atom is -0.0648 e. The van der Waals surface area contributed by atoms with Gasteiger partial charge in [0.1, 0.15) is 0 Å². The van der Waals surface area contributed by atoms with Crippen LogP contribution in [0, 0.1) is 0 Å². The van der Waals surface area contributed by atoms with E-state index in [1.54, 1.807) is 16.5 Å². The van der Waals surface area contributed by atoms with Crippen molar-refractivity contribution >= 4 is 43.1 Å². The van der Waals surface area contributed by atoms with Crippen LogP contribution in [0.4, 0.5) is 0 Å². The van der Waals surface area contributed by atoms with Crippen LogP contribution in [-0.2, 0) is 19.3 Å². The molecule has 34 heavy (non-hydrogen) atoms. The van der Waals surface area contributed by atoms with Crippen LogP contribution in [-0.4, -0.2) is 0 Å². The molecule has 0 bridgehead atoms. The van der Waals surface area contributed by atoms with Gasteiger partial charge in [0.2, 0.25) is 0 Å². The molecule has 1 aliphatic carbocycles. The normalized spacial score (nSPS) is 15.9. The maximum Gasteiger partial charge on any atom is -0.00637 e. The molecule has 0 fully saturated rings. The Morgan fingerprint density at radius 1 is 0.765 bits per heavy atom. The number of hydrogen-bond acceptors (Lipinski definition) is 0. The monoisotopic (exact) mass is 444 g/mol. The SMILES string of the molecule is CCc1ccc2c(c1)cc(C(C)C)c1c2cc(CC)c2c3cccc4c3c(cc21)CCC4CC. The molecule has 1 unspecified atom stereocenters. The standard InChI is InChI=1S/C34H36/c1-6-21-12-15-26-25(16-21)19-29(20(4)5)34-30(26)17-23(8-3)32-28-11-9-10-27-22(7-2)13-14-24(33(27)28)18-31(32)34/h9-12,15-20,22H,6-8,13-14H2,1-5H3. The summed E-state index contributed by atoms with van der Waals surface area (Å²) in [5.74, 6) is 1.18. The highest BCUT2D eigenvalue weighted by Crippen LogP contribution is 2.46. The van der Waals surface area contributed by atoms with Crippen molar-refractivity contribution < 1.29 is 0 Å². The van der Waals surface area contributed by atoms with Crippen LogP contribution in [0.1, 0.15) is 87.1 Å². The first-order valence-corrected chi connectivity index (χ1v) is 13.4. The van der Waals surface area contributed by atoms with Gasteiger partial charge >= 0.3 is 0 Å². The third kappa shape index (κ3) is 3.04. The highest BCUT2D eigenvalue weighted by Gasteiger charge is 2.24. The molecular formula is C34H36. The zero-order valence-electron chi connectivity index (χ0n) is 21.4. The van der Waals surface area contributed by atoms with E-state index in [2.05, 4.69) is 89.2 Å². The van der Waals surface area contributed by atoms with Crippen molar-refractivity contribution in [3.05, 3.63) is 82.4 Å². The fraction of sp³-hybridized carbons (Fsp3) is 0.353. The third-order valence-electron chi connectivity index (χ3n) is 8.57. The van der Waals surface area contributed by atoms with Crippen molar-refractivity contribution in [3.8, 4) is 0 Å². The topological polar surface area (TPSA) is 0 Å². The predicted octanol–water partition coefficient (Wildman–Crippen LogP) is 9.99. The highest BCUT2D eigenvalue weighted by atomic mass is 14.3. The maximum absolute atomic E-state index is 2.59. The fourth-order valence-corrected chi connectivity index (χ4v) is 6.75. The number of hydrogen-bond donors (Lipinski definition) is 0. The smallest absolute Gasteiger partial charge is 0.00637 e. The van der Waals surface area contributed by atoms with Crippen molar-refractivity contribution in [2.75, 3.05) is 0 Å². The lowest BCUT2D eigenvalue weighted by Gasteiger charge is -2.27. The summed E-state index contributed by atoms with van der Waals surface area (Å²) in [6.07, 6.45) is 5.85. The summed E-state index contributed by atoms with van der Waals surface area (Å²) in [4.78, 5) is 0. The predicted molar refractivity (Wildman–Crippen MR) is 151 cm³/mol. The Hall–Kier alpha value is -2.86. The van der Waals surface area contributed by atoms with Crippen LogP contribution in [0.25, 0.3) is 43.1 Å². The summed E-state index contributed by atoms with van der Waals surface area (Å²) in [7, 11) is 0. The molecule has 0 heteroatoms. The van der Waals surface area contributed by atoms with Gasteiger partial charge in [-0.3, -0.25) is 0 Å². The molecule has 6 rings (SSSR count). The van der Waals surface area contributed by atoms with Crippen molar-refractivity contribution in [2.24, 2.45) is 0 Å². The Morgan fingerprint density at radius 2 is 1.62 bits per heavy atom. The van der Waals surface area contributed by atoms with E-state index >= 15 is 0 Å². The summed E-state index contributed by atoms with van der Waals surface area (Å²) < 4.78 is 0. The van der Waals surface area contributed by atoms with Gasteiger partial charge in [-0.25, -0.2) is 0 Å². The summed E-state index contributed by atoms with van der Waals surface area (Å²) in [6.45, 7) is 11.7. The first-order valence-electron chi connectivity index (χ1n) is 13.4. The minimum atomic E-state index is 0.482. The van der Waals surface area contributed by atoms with Crippen LogP contribution in [0.5, 0.6) is 0 Å². The van der Waals surface area contributed by atoms with Crippen molar-refractivity contribution in [2.45, 2.75) is 78.6 Å². The zero-order valence-corrected chi connectivity index (χ0v) is 21.4. The molecule has 0 spiro atoms. The Kier molecular flexibility index (Phi) is 5.17. The maximum atomic E-state index is 2.59. The number of fused-ring (bicyclic) bond motifs is 6. The second-order valence-corrected chi connectivity index (χ2v) is 10.7. The highest BCUT2D eigenvalue weighted by molar-refractivity contribution is 6.25. The molecule has 0 radical (unpaired) electrons. The molecule has 0 N–H and O–H groups in total. The Balaban J connectivity index is 1.86. The number of rotatable bonds is 4. The van der Waals surface area contributed by atoms with E-state index in [0.29, 0.717) is 11.8 Å². The quantitative estimate of drug-likeness (QED) is 0.242. The lowest BCUT2D eigenvalue weighted by molar-refractivity contribution is 0.599. The summed E-state index contributed by atoms with van der Waals surface area (Å²) in [5, 5.41) is 11.7. The van der Waals surface area contributed by atoms with Crippen molar-refractivity contribution in [3.63, 3.8) is 0 Å². The van der Waals surface area contributed by atoms with Crippen molar-refractivity contribution in [1.82, 2.24) is 0 Å². The Morgan fingerprint density at radius 3 is 2.35 bits per heavy atom. The van der Waals surface area contributed by atoms with E-state index in [1.165, 1.54) is 73.7 Å². The fourth-order valence-electron chi connectivity index (χ4n) is 6.75. The second kappa shape index (κ2) is 8.12.